The van der Waals surface area contributed by atoms with Crippen molar-refractivity contribution < 1.29 is 19.4 Å². The Kier molecular flexibility index (Phi) is 7.08. The Hall–Kier alpha value is -2.24. The lowest BCUT2D eigenvalue weighted by atomic mass is 10.0. The van der Waals surface area contributed by atoms with E-state index < -0.39 is 5.97 Å². The van der Waals surface area contributed by atoms with Crippen LogP contribution in [-0.2, 0) is 11.3 Å². The molecule has 6 heteroatoms. The summed E-state index contributed by atoms with van der Waals surface area (Å²) < 4.78 is 5.06. The van der Waals surface area contributed by atoms with Gasteiger partial charge < -0.3 is 20.5 Å². The summed E-state index contributed by atoms with van der Waals surface area (Å²) in [5.41, 5.74) is 0.962. The minimum Gasteiger partial charge on any atom is -0.497 e. The summed E-state index contributed by atoms with van der Waals surface area (Å²) in [5.74, 6) is -0.126. The fourth-order valence-corrected chi connectivity index (χ4v) is 1.83. The van der Waals surface area contributed by atoms with Crippen molar-refractivity contribution >= 4 is 12.0 Å². The van der Waals surface area contributed by atoms with Crippen LogP contribution < -0.4 is 15.4 Å². The van der Waals surface area contributed by atoms with E-state index in [4.69, 9.17) is 9.84 Å². The second-order valence-corrected chi connectivity index (χ2v) is 4.78. The second kappa shape index (κ2) is 8.84. The molecular weight excluding hydrogens is 272 g/mol. The predicted molar refractivity (Wildman–Crippen MR) is 79.3 cm³/mol. The predicted octanol–water partition coefficient (Wildman–Crippen LogP) is 2.00. The highest BCUT2D eigenvalue weighted by atomic mass is 16.5. The van der Waals surface area contributed by atoms with E-state index in [1.54, 1.807) is 7.11 Å². The quantitative estimate of drug-likeness (QED) is 0.684. The molecule has 0 fully saturated rings. The Morgan fingerprint density at radius 3 is 2.43 bits per heavy atom. The molecule has 0 spiro atoms. The molecule has 2 amide bonds. The van der Waals surface area contributed by atoms with Gasteiger partial charge in [-0.25, -0.2) is 4.79 Å². The van der Waals surface area contributed by atoms with Gasteiger partial charge in [-0.2, -0.15) is 0 Å². The van der Waals surface area contributed by atoms with Gasteiger partial charge in [0.15, 0.2) is 0 Å². The summed E-state index contributed by atoms with van der Waals surface area (Å²) >= 11 is 0. The minimum atomic E-state index is -0.845. The molecule has 0 saturated carbocycles. The van der Waals surface area contributed by atoms with Gasteiger partial charge in [-0.15, -0.1) is 0 Å². The maximum Gasteiger partial charge on any atom is 0.315 e. The lowest BCUT2D eigenvalue weighted by Gasteiger charge is -2.14. The highest BCUT2D eigenvalue weighted by Crippen LogP contribution is 2.11. The van der Waals surface area contributed by atoms with E-state index in [9.17, 15) is 9.59 Å². The first-order chi connectivity index (χ1) is 10.0. The Balaban J connectivity index is 2.31. The topological polar surface area (TPSA) is 87.7 Å². The van der Waals surface area contributed by atoms with Gasteiger partial charge >= 0.3 is 12.0 Å². The summed E-state index contributed by atoms with van der Waals surface area (Å²) in [6.45, 7) is 2.67. The van der Waals surface area contributed by atoms with Crippen molar-refractivity contribution in [1.82, 2.24) is 10.6 Å². The molecule has 0 aromatic heterocycles. The zero-order chi connectivity index (χ0) is 15.7. The monoisotopic (exact) mass is 294 g/mol. The Morgan fingerprint density at radius 2 is 1.90 bits per heavy atom. The lowest BCUT2D eigenvalue weighted by Crippen LogP contribution is -2.38. The van der Waals surface area contributed by atoms with Crippen molar-refractivity contribution in [3.8, 4) is 5.75 Å². The molecule has 0 aliphatic rings. The number of amides is 2. The average Bonchev–Trinajstić information content (AvgIpc) is 2.49. The van der Waals surface area contributed by atoms with E-state index in [-0.39, 0.29) is 18.4 Å². The van der Waals surface area contributed by atoms with Crippen LogP contribution >= 0.6 is 0 Å². The molecule has 0 aliphatic heterocycles. The number of ether oxygens (including phenoxy) is 1. The molecule has 0 heterocycles. The molecule has 116 valence electrons. The minimum absolute atomic E-state index is 0.0470. The molecule has 0 radical (unpaired) electrons. The molecular formula is C15H22N2O4. The van der Waals surface area contributed by atoms with Crippen LogP contribution in [0.25, 0.3) is 0 Å². The SMILES string of the molecule is CCC(CNC(=O)NCc1ccc(OC)cc1)CC(=O)O. The highest BCUT2D eigenvalue weighted by Gasteiger charge is 2.12. The van der Waals surface area contributed by atoms with Crippen LogP contribution in [0.2, 0.25) is 0 Å². The van der Waals surface area contributed by atoms with E-state index >= 15 is 0 Å². The molecule has 21 heavy (non-hydrogen) atoms. The maximum atomic E-state index is 11.7. The standard InChI is InChI=1S/C15H22N2O4/c1-3-11(8-14(18)19)9-16-15(20)17-10-12-4-6-13(21-2)7-5-12/h4-7,11H,3,8-10H2,1-2H3,(H,18,19)(H2,16,17,20). The first-order valence-corrected chi connectivity index (χ1v) is 6.91. The van der Waals surface area contributed by atoms with Gasteiger partial charge in [0, 0.05) is 19.5 Å². The lowest BCUT2D eigenvalue weighted by molar-refractivity contribution is -0.138. The Morgan fingerprint density at radius 1 is 1.24 bits per heavy atom. The number of hydrogen-bond donors (Lipinski definition) is 3. The molecule has 1 atom stereocenters. The molecule has 1 aromatic carbocycles. The van der Waals surface area contributed by atoms with Crippen LogP contribution in [0.5, 0.6) is 5.75 Å². The first kappa shape index (κ1) is 16.8. The molecule has 6 nitrogen and oxygen atoms in total. The van der Waals surface area contributed by atoms with Gasteiger partial charge in [-0.1, -0.05) is 25.5 Å². The van der Waals surface area contributed by atoms with Gasteiger partial charge in [-0.3, -0.25) is 4.79 Å². The summed E-state index contributed by atoms with van der Waals surface area (Å²) in [5, 5.41) is 14.2. The van der Waals surface area contributed by atoms with Crippen LogP contribution in [-0.4, -0.2) is 30.8 Å². The largest absolute Gasteiger partial charge is 0.497 e. The first-order valence-electron chi connectivity index (χ1n) is 6.91. The van der Waals surface area contributed by atoms with Gasteiger partial charge in [0.05, 0.1) is 7.11 Å². The summed E-state index contributed by atoms with van der Waals surface area (Å²) in [7, 11) is 1.60. The van der Waals surface area contributed by atoms with E-state index in [0.29, 0.717) is 19.5 Å². The number of carboxylic acids is 1. The summed E-state index contributed by atoms with van der Waals surface area (Å²) in [6, 6.07) is 7.11. The number of nitrogens with one attached hydrogen (secondary N) is 2. The number of methoxy groups -OCH3 is 1. The smallest absolute Gasteiger partial charge is 0.315 e. The van der Waals surface area contributed by atoms with Crippen molar-refractivity contribution in [2.75, 3.05) is 13.7 Å². The highest BCUT2D eigenvalue weighted by molar-refractivity contribution is 5.74. The molecule has 0 bridgehead atoms. The molecule has 1 aromatic rings. The normalized spacial score (nSPS) is 11.5. The van der Waals surface area contributed by atoms with Crippen molar-refractivity contribution in [2.45, 2.75) is 26.3 Å². The Bertz CT molecular complexity index is 459. The summed E-state index contributed by atoms with van der Waals surface area (Å²) in [6.07, 6.45) is 0.778. The summed E-state index contributed by atoms with van der Waals surface area (Å²) in [4.78, 5) is 22.3. The third-order valence-corrected chi connectivity index (χ3v) is 3.20. The van der Waals surface area contributed by atoms with Gasteiger partial charge in [0.25, 0.3) is 0 Å². The molecule has 0 saturated heterocycles. The molecule has 0 aliphatic carbocycles. The van der Waals surface area contributed by atoms with Gasteiger partial charge in [-0.05, 0) is 23.6 Å². The maximum absolute atomic E-state index is 11.7. The second-order valence-electron chi connectivity index (χ2n) is 4.78. The third kappa shape index (κ3) is 6.65. The fourth-order valence-electron chi connectivity index (χ4n) is 1.83. The zero-order valence-corrected chi connectivity index (χ0v) is 12.4. The van der Waals surface area contributed by atoms with Gasteiger partial charge in [0.1, 0.15) is 5.75 Å². The van der Waals surface area contributed by atoms with Crippen molar-refractivity contribution in [3.05, 3.63) is 29.8 Å². The Labute approximate surface area is 124 Å². The molecule has 3 N–H and O–H groups in total. The van der Waals surface area contributed by atoms with Crippen LogP contribution in [0.15, 0.2) is 24.3 Å². The van der Waals surface area contributed by atoms with Gasteiger partial charge in [0.2, 0.25) is 0 Å². The number of urea groups is 1. The molecule has 1 unspecified atom stereocenters. The van der Waals surface area contributed by atoms with Crippen molar-refractivity contribution in [3.63, 3.8) is 0 Å². The van der Waals surface area contributed by atoms with Crippen LogP contribution in [0.3, 0.4) is 0 Å². The van der Waals surface area contributed by atoms with Crippen LogP contribution in [0.4, 0.5) is 4.79 Å². The molecule has 1 rings (SSSR count). The van der Waals surface area contributed by atoms with E-state index in [0.717, 1.165) is 11.3 Å². The number of carbonyl (C=O) groups excluding carboxylic acids is 1. The number of rotatable bonds is 8. The fraction of sp³-hybridized carbons (Fsp3) is 0.467. The van der Waals surface area contributed by atoms with Crippen molar-refractivity contribution in [1.29, 1.82) is 0 Å². The van der Waals surface area contributed by atoms with E-state index in [1.807, 2.05) is 31.2 Å². The number of carboxylic acid groups (broad SMARTS) is 1. The average molecular weight is 294 g/mol. The van der Waals surface area contributed by atoms with Crippen LogP contribution in [0.1, 0.15) is 25.3 Å². The number of hydrogen-bond acceptors (Lipinski definition) is 3. The number of carbonyl (C=O) groups is 2. The van der Waals surface area contributed by atoms with E-state index in [1.165, 1.54) is 0 Å². The van der Waals surface area contributed by atoms with E-state index in [2.05, 4.69) is 10.6 Å². The third-order valence-electron chi connectivity index (χ3n) is 3.20. The van der Waals surface area contributed by atoms with Crippen molar-refractivity contribution in [2.24, 2.45) is 5.92 Å². The van der Waals surface area contributed by atoms with Crippen LogP contribution in [0, 0.1) is 5.92 Å². The zero-order valence-electron chi connectivity index (χ0n) is 12.4. The number of benzene rings is 1. The number of aliphatic carboxylic acids is 1.